The first-order valence-corrected chi connectivity index (χ1v) is 7.25. The summed E-state index contributed by atoms with van der Waals surface area (Å²) >= 11 is 0. The van der Waals surface area contributed by atoms with Crippen LogP contribution in [0.15, 0.2) is 4.99 Å². The van der Waals surface area contributed by atoms with Crippen LogP contribution in [0, 0.1) is 0 Å². The largest absolute Gasteiger partial charge is 0.376 e. The Morgan fingerprint density at radius 2 is 1.71 bits per heavy atom. The molecule has 0 spiro atoms. The summed E-state index contributed by atoms with van der Waals surface area (Å²) < 4.78 is 5.62. The number of methoxy groups -OCH3 is 1. The number of nitrogens with zero attached hydrogens (tertiary/aromatic N) is 1. The molecular weight excluding hydrogens is 210 g/mol. The Hall–Kier alpha value is -0.370. The zero-order valence-corrected chi connectivity index (χ0v) is 12.5. The van der Waals surface area contributed by atoms with E-state index in [1.807, 2.05) is 7.11 Å². The summed E-state index contributed by atoms with van der Waals surface area (Å²) in [6.45, 7) is 8.76. The van der Waals surface area contributed by atoms with Crippen molar-refractivity contribution in [3.8, 4) is 0 Å². The predicted octanol–water partition coefficient (Wildman–Crippen LogP) is 4.62. The second kappa shape index (κ2) is 10.8. The van der Waals surface area contributed by atoms with Crippen molar-refractivity contribution in [1.29, 1.82) is 0 Å². The highest BCUT2D eigenvalue weighted by atomic mass is 16.5. The molecule has 0 N–H and O–H groups in total. The van der Waals surface area contributed by atoms with E-state index in [1.165, 1.54) is 37.8 Å². The van der Waals surface area contributed by atoms with E-state index >= 15 is 0 Å². The summed E-state index contributed by atoms with van der Waals surface area (Å²) in [7, 11) is 1.82. The van der Waals surface area contributed by atoms with Crippen molar-refractivity contribution < 1.29 is 4.74 Å². The molecule has 0 aromatic rings. The molecule has 0 aliphatic carbocycles. The van der Waals surface area contributed by atoms with E-state index in [1.54, 1.807) is 0 Å². The van der Waals surface area contributed by atoms with Gasteiger partial charge in [-0.15, -0.1) is 0 Å². The molecule has 0 fully saturated rings. The number of rotatable bonds is 10. The van der Waals surface area contributed by atoms with Crippen LogP contribution >= 0.6 is 0 Å². The van der Waals surface area contributed by atoms with Crippen molar-refractivity contribution in [2.45, 2.75) is 84.8 Å². The smallest absolute Gasteiger partial charge is 0.0947 e. The molecule has 102 valence electrons. The van der Waals surface area contributed by atoms with E-state index in [4.69, 9.17) is 9.73 Å². The number of unbranched alkanes of at least 4 members (excludes halogenated alkanes) is 3. The van der Waals surface area contributed by atoms with Gasteiger partial charge >= 0.3 is 0 Å². The van der Waals surface area contributed by atoms with E-state index in [9.17, 15) is 0 Å². The van der Waals surface area contributed by atoms with Crippen LogP contribution in [-0.4, -0.2) is 25.0 Å². The third-order valence-corrected chi connectivity index (χ3v) is 2.94. The molecule has 0 aliphatic rings. The minimum atomic E-state index is 0.245. The second-order valence-corrected chi connectivity index (χ2v) is 5.04. The molecule has 1 unspecified atom stereocenters. The van der Waals surface area contributed by atoms with Crippen molar-refractivity contribution in [1.82, 2.24) is 0 Å². The number of hydrogen-bond donors (Lipinski definition) is 0. The Balaban J connectivity index is 4.40. The van der Waals surface area contributed by atoms with E-state index < -0.39 is 0 Å². The maximum Gasteiger partial charge on any atom is 0.0947 e. The molecule has 0 saturated heterocycles. The van der Waals surface area contributed by atoms with Gasteiger partial charge in [0.25, 0.3) is 0 Å². The van der Waals surface area contributed by atoms with Crippen molar-refractivity contribution in [3.05, 3.63) is 0 Å². The molecule has 1 atom stereocenters. The van der Waals surface area contributed by atoms with Gasteiger partial charge in [-0.1, -0.05) is 39.5 Å². The van der Waals surface area contributed by atoms with Gasteiger partial charge in [-0.25, -0.2) is 0 Å². The van der Waals surface area contributed by atoms with Crippen LogP contribution in [0.25, 0.3) is 0 Å². The molecule has 2 nitrogen and oxygen atoms in total. The summed E-state index contributed by atoms with van der Waals surface area (Å²) in [6.07, 6.45) is 8.72. The summed E-state index contributed by atoms with van der Waals surface area (Å²) in [4.78, 5) is 4.76. The third-order valence-electron chi connectivity index (χ3n) is 2.94. The SMILES string of the molecule is CCCCCC(=NC(C)C)C(CCCC)OC. The van der Waals surface area contributed by atoms with Gasteiger partial charge in [0.2, 0.25) is 0 Å². The highest BCUT2D eigenvalue weighted by molar-refractivity contribution is 5.88. The van der Waals surface area contributed by atoms with Gasteiger partial charge in [0, 0.05) is 18.9 Å². The lowest BCUT2D eigenvalue weighted by molar-refractivity contribution is 0.144. The molecule has 0 aromatic carbocycles. The number of aliphatic imine (C=N–C) groups is 1. The first-order chi connectivity index (χ1) is 8.15. The average molecular weight is 241 g/mol. The standard InChI is InChI=1S/C15H31NO/c1-6-8-10-11-14(16-13(3)4)15(17-5)12-9-7-2/h13,15H,6-12H2,1-5H3. The quantitative estimate of drug-likeness (QED) is 0.404. The number of ether oxygens (including phenoxy) is 1. The van der Waals surface area contributed by atoms with Crippen LogP contribution in [0.3, 0.4) is 0 Å². The monoisotopic (exact) mass is 241 g/mol. The molecule has 0 amide bonds. The Morgan fingerprint density at radius 3 is 2.18 bits per heavy atom. The molecule has 0 radical (unpaired) electrons. The Kier molecular flexibility index (Phi) is 10.5. The van der Waals surface area contributed by atoms with E-state index in [2.05, 4.69) is 27.7 Å². The predicted molar refractivity (Wildman–Crippen MR) is 77.0 cm³/mol. The van der Waals surface area contributed by atoms with Crippen LogP contribution < -0.4 is 0 Å². The zero-order valence-electron chi connectivity index (χ0n) is 12.5. The molecular formula is C15H31NO. The molecule has 2 heteroatoms. The summed E-state index contributed by atoms with van der Waals surface area (Å²) in [5.74, 6) is 0. The summed E-state index contributed by atoms with van der Waals surface area (Å²) in [6, 6.07) is 0.380. The third kappa shape index (κ3) is 8.37. The van der Waals surface area contributed by atoms with Crippen LogP contribution in [0.2, 0.25) is 0 Å². The number of hydrogen-bond acceptors (Lipinski definition) is 2. The van der Waals surface area contributed by atoms with E-state index in [0.29, 0.717) is 6.04 Å². The van der Waals surface area contributed by atoms with Gasteiger partial charge in [0.05, 0.1) is 6.10 Å². The summed E-state index contributed by atoms with van der Waals surface area (Å²) in [5, 5.41) is 0. The highest BCUT2D eigenvalue weighted by Crippen LogP contribution is 2.13. The van der Waals surface area contributed by atoms with Gasteiger partial charge in [0.15, 0.2) is 0 Å². The van der Waals surface area contributed by atoms with Gasteiger partial charge in [0.1, 0.15) is 0 Å². The molecule has 0 aromatic heterocycles. The van der Waals surface area contributed by atoms with Crippen LogP contribution in [-0.2, 0) is 4.74 Å². The van der Waals surface area contributed by atoms with Crippen LogP contribution in [0.1, 0.15) is 72.6 Å². The van der Waals surface area contributed by atoms with Crippen molar-refractivity contribution >= 4 is 5.71 Å². The minimum absolute atomic E-state index is 0.245. The minimum Gasteiger partial charge on any atom is -0.376 e. The van der Waals surface area contributed by atoms with Crippen molar-refractivity contribution in [2.24, 2.45) is 4.99 Å². The molecule has 0 aliphatic heterocycles. The first-order valence-electron chi connectivity index (χ1n) is 7.25. The second-order valence-electron chi connectivity index (χ2n) is 5.04. The Labute approximate surface area is 108 Å². The fraction of sp³-hybridized carbons (Fsp3) is 0.933. The van der Waals surface area contributed by atoms with E-state index in [-0.39, 0.29) is 6.10 Å². The maximum atomic E-state index is 5.62. The first kappa shape index (κ1) is 16.6. The van der Waals surface area contributed by atoms with Gasteiger partial charge in [-0.2, -0.15) is 0 Å². The zero-order chi connectivity index (χ0) is 13.1. The molecule has 0 rings (SSSR count). The van der Waals surface area contributed by atoms with Crippen molar-refractivity contribution in [3.63, 3.8) is 0 Å². The normalized spacial score (nSPS) is 14.4. The van der Waals surface area contributed by atoms with Gasteiger partial charge in [-0.05, 0) is 33.1 Å². The van der Waals surface area contributed by atoms with Crippen LogP contribution in [0.5, 0.6) is 0 Å². The summed E-state index contributed by atoms with van der Waals surface area (Å²) in [5.41, 5.74) is 1.28. The molecule has 0 bridgehead atoms. The fourth-order valence-corrected chi connectivity index (χ4v) is 2.01. The van der Waals surface area contributed by atoms with Crippen LogP contribution in [0.4, 0.5) is 0 Å². The van der Waals surface area contributed by atoms with Crippen molar-refractivity contribution in [2.75, 3.05) is 7.11 Å². The van der Waals surface area contributed by atoms with E-state index in [0.717, 1.165) is 12.8 Å². The molecule has 0 heterocycles. The Bertz CT molecular complexity index is 199. The molecule has 0 saturated carbocycles. The highest BCUT2D eigenvalue weighted by Gasteiger charge is 2.14. The Morgan fingerprint density at radius 1 is 1.06 bits per heavy atom. The maximum absolute atomic E-state index is 5.62. The molecule has 17 heavy (non-hydrogen) atoms. The lowest BCUT2D eigenvalue weighted by atomic mass is 10.0. The average Bonchev–Trinajstić information content (AvgIpc) is 2.29. The topological polar surface area (TPSA) is 21.6 Å². The van der Waals surface area contributed by atoms with Gasteiger partial charge < -0.3 is 4.74 Å². The van der Waals surface area contributed by atoms with Gasteiger partial charge in [-0.3, -0.25) is 4.99 Å². The lowest BCUT2D eigenvalue weighted by Gasteiger charge is -2.19. The lowest BCUT2D eigenvalue weighted by Crippen LogP contribution is -2.24. The fourth-order valence-electron chi connectivity index (χ4n) is 2.01.